The second-order valence-corrected chi connectivity index (χ2v) is 4.83. The maximum Gasteiger partial charge on any atom is 0.338 e. The Morgan fingerprint density at radius 1 is 1.15 bits per heavy atom. The first-order valence-corrected chi connectivity index (χ1v) is 6.22. The first kappa shape index (κ1) is 12.3. The average Bonchev–Trinajstić information content (AvgIpc) is 2.80. The summed E-state index contributed by atoms with van der Waals surface area (Å²) in [6, 6.07) is 11.1. The minimum atomic E-state index is -0.997. The summed E-state index contributed by atoms with van der Waals surface area (Å²) in [5.74, 6) is -0.997. The molecule has 0 saturated heterocycles. The summed E-state index contributed by atoms with van der Waals surface area (Å²) >= 11 is 0. The Labute approximate surface area is 115 Å². The summed E-state index contributed by atoms with van der Waals surface area (Å²) in [6.07, 6.45) is 0. The van der Waals surface area contributed by atoms with Gasteiger partial charge < -0.3 is 5.11 Å². The molecule has 0 spiro atoms. The minimum Gasteiger partial charge on any atom is -0.478 e. The fourth-order valence-electron chi connectivity index (χ4n) is 2.38. The Hall–Kier alpha value is -2.69. The molecule has 0 bridgehead atoms. The molecule has 3 rings (SSSR count). The molecule has 1 aromatic heterocycles. The lowest BCUT2D eigenvalue weighted by Crippen LogP contribution is -1.99. The summed E-state index contributed by atoms with van der Waals surface area (Å²) in [6.45, 7) is 4.02. The number of aromatic nitrogens is 3. The van der Waals surface area contributed by atoms with Crippen LogP contribution < -0.4 is 0 Å². The molecule has 100 valence electrons. The number of rotatable bonds is 2. The molecule has 1 heterocycles. The van der Waals surface area contributed by atoms with E-state index in [2.05, 4.69) is 16.4 Å². The van der Waals surface area contributed by atoms with Gasteiger partial charge in [-0.05, 0) is 49.2 Å². The molecule has 0 saturated carbocycles. The standard InChI is InChI=1S/C15H13N3O2/c1-9-6-10(2)8-11(7-9)18-13-5-3-4-12(15(19)20)14(13)16-17-18/h3-8H,1-2H3,(H,19,20). The molecule has 5 heteroatoms. The fourth-order valence-corrected chi connectivity index (χ4v) is 2.38. The van der Waals surface area contributed by atoms with Gasteiger partial charge in [-0.15, -0.1) is 5.10 Å². The van der Waals surface area contributed by atoms with Gasteiger partial charge in [0.25, 0.3) is 0 Å². The number of benzene rings is 2. The van der Waals surface area contributed by atoms with E-state index in [1.165, 1.54) is 6.07 Å². The van der Waals surface area contributed by atoms with Crippen molar-refractivity contribution in [1.82, 2.24) is 15.0 Å². The quantitative estimate of drug-likeness (QED) is 0.775. The highest BCUT2D eigenvalue weighted by atomic mass is 16.4. The van der Waals surface area contributed by atoms with E-state index in [-0.39, 0.29) is 5.56 Å². The molecule has 0 aliphatic rings. The molecule has 20 heavy (non-hydrogen) atoms. The average molecular weight is 267 g/mol. The van der Waals surface area contributed by atoms with Crippen LogP contribution in [0.4, 0.5) is 0 Å². The Kier molecular flexibility index (Phi) is 2.75. The molecule has 5 nitrogen and oxygen atoms in total. The van der Waals surface area contributed by atoms with Crippen LogP contribution in [-0.2, 0) is 0 Å². The van der Waals surface area contributed by atoms with Crippen LogP contribution in [0.15, 0.2) is 36.4 Å². The van der Waals surface area contributed by atoms with Gasteiger partial charge in [-0.2, -0.15) is 0 Å². The largest absolute Gasteiger partial charge is 0.478 e. The fraction of sp³-hybridized carbons (Fsp3) is 0.133. The van der Waals surface area contributed by atoms with Gasteiger partial charge in [0.1, 0.15) is 5.52 Å². The molecule has 0 unspecified atom stereocenters. The van der Waals surface area contributed by atoms with Crippen molar-refractivity contribution in [2.75, 3.05) is 0 Å². The highest BCUT2D eigenvalue weighted by molar-refractivity contribution is 6.00. The van der Waals surface area contributed by atoms with E-state index in [1.807, 2.05) is 32.0 Å². The second kappa shape index (κ2) is 4.45. The van der Waals surface area contributed by atoms with Crippen LogP contribution >= 0.6 is 0 Å². The maximum atomic E-state index is 11.2. The lowest BCUT2D eigenvalue weighted by Gasteiger charge is -2.05. The third-order valence-corrected chi connectivity index (χ3v) is 3.16. The van der Waals surface area contributed by atoms with Gasteiger partial charge in [-0.1, -0.05) is 17.3 Å². The molecule has 0 atom stereocenters. The molecule has 2 aromatic carbocycles. The number of hydrogen-bond acceptors (Lipinski definition) is 3. The first-order valence-electron chi connectivity index (χ1n) is 6.22. The number of aryl methyl sites for hydroxylation is 2. The summed E-state index contributed by atoms with van der Waals surface area (Å²) in [4.78, 5) is 11.2. The zero-order chi connectivity index (χ0) is 14.3. The predicted molar refractivity (Wildman–Crippen MR) is 75.3 cm³/mol. The Morgan fingerprint density at radius 2 is 1.85 bits per heavy atom. The maximum absolute atomic E-state index is 11.2. The number of fused-ring (bicyclic) bond motifs is 1. The summed E-state index contributed by atoms with van der Waals surface area (Å²) in [5.41, 5.74) is 4.39. The van der Waals surface area contributed by atoms with Gasteiger partial charge in [-0.3, -0.25) is 0 Å². The van der Waals surface area contributed by atoms with E-state index in [9.17, 15) is 9.90 Å². The SMILES string of the molecule is Cc1cc(C)cc(-n2nnc3c(C(=O)O)cccc32)c1. The Bertz CT molecular complexity index is 801. The van der Waals surface area contributed by atoms with Crippen molar-refractivity contribution in [3.63, 3.8) is 0 Å². The van der Waals surface area contributed by atoms with Gasteiger partial charge in [0.2, 0.25) is 0 Å². The van der Waals surface area contributed by atoms with E-state index in [0.717, 1.165) is 16.8 Å². The van der Waals surface area contributed by atoms with Gasteiger partial charge in [0.05, 0.1) is 16.8 Å². The zero-order valence-electron chi connectivity index (χ0n) is 11.2. The molecular weight excluding hydrogens is 254 g/mol. The predicted octanol–water partition coefficient (Wildman–Crippen LogP) is 2.74. The van der Waals surface area contributed by atoms with Crippen LogP contribution in [0.3, 0.4) is 0 Å². The van der Waals surface area contributed by atoms with Crippen molar-refractivity contribution in [3.05, 3.63) is 53.1 Å². The Balaban J connectivity index is 2.28. The van der Waals surface area contributed by atoms with Crippen LogP contribution in [0, 0.1) is 13.8 Å². The summed E-state index contributed by atoms with van der Waals surface area (Å²) in [7, 11) is 0. The van der Waals surface area contributed by atoms with Crippen LogP contribution in [0.2, 0.25) is 0 Å². The highest BCUT2D eigenvalue weighted by Gasteiger charge is 2.14. The van der Waals surface area contributed by atoms with Crippen molar-refractivity contribution in [2.45, 2.75) is 13.8 Å². The number of nitrogens with zero attached hydrogens (tertiary/aromatic N) is 3. The first-order chi connectivity index (χ1) is 9.56. The minimum absolute atomic E-state index is 0.165. The topological polar surface area (TPSA) is 68.0 Å². The smallest absolute Gasteiger partial charge is 0.338 e. The van der Waals surface area contributed by atoms with E-state index in [0.29, 0.717) is 11.0 Å². The van der Waals surface area contributed by atoms with Crippen LogP contribution in [0.1, 0.15) is 21.5 Å². The van der Waals surface area contributed by atoms with E-state index >= 15 is 0 Å². The number of carboxylic acid groups (broad SMARTS) is 1. The van der Waals surface area contributed by atoms with Gasteiger partial charge in [0.15, 0.2) is 0 Å². The van der Waals surface area contributed by atoms with Crippen LogP contribution in [0.25, 0.3) is 16.7 Å². The number of aromatic carboxylic acids is 1. The van der Waals surface area contributed by atoms with Crippen LogP contribution in [-0.4, -0.2) is 26.1 Å². The van der Waals surface area contributed by atoms with Crippen molar-refractivity contribution < 1.29 is 9.90 Å². The third-order valence-electron chi connectivity index (χ3n) is 3.16. The van der Waals surface area contributed by atoms with E-state index in [1.54, 1.807) is 10.7 Å². The molecule has 1 N–H and O–H groups in total. The molecule has 0 radical (unpaired) electrons. The molecule has 0 aliphatic carbocycles. The van der Waals surface area contributed by atoms with Gasteiger partial charge in [-0.25, -0.2) is 9.48 Å². The van der Waals surface area contributed by atoms with Crippen molar-refractivity contribution in [3.8, 4) is 5.69 Å². The van der Waals surface area contributed by atoms with Gasteiger partial charge in [0, 0.05) is 0 Å². The van der Waals surface area contributed by atoms with Gasteiger partial charge >= 0.3 is 5.97 Å². The van der Waals surface area contributed by atoms with Crippen molar-refractivity contribution in [2.24, 2.45) is 0 Å². The molecule has 0 fully saturated rings. The highest BCUT2D eigenvalue weighted by Crippen LogP contribution is 2.21. The normalized spacial score (nSPS) is 10.9. The number of carbonyl (C=O) groups is 1. The zero-order valence-corrected chi connectivity index (χ0v) is 11.2. The lowest BCUT2D eigenvalue weighted by molar-refractivity contribution is 0.0699. The van der Waals surface area contributed by atoms with E-state index < -0.39 is 5.97 Å². The van der Waals surface area contributed by atoms with Crippen molar-refractivity contribution in [1.29, 1.82) is 0 Å². The summed E-state index contributed by atoms with van der Waals surface area (Å²) < 4.78 is 1.67. The van der Waals surface area contributed by atoms with Crippen LogP contribution in [0.5, 0.6) is 0 Å². The summed E-state index contributed by atoms with van der Waals surface area (Å²) in [5, 5.41) is 17.3. The molecular formula is C15H13N3O2. The monoisotopic (exact) mass is 267 g/mol. The molecule has 3 aromatic rings. The molecule has 0 amide bonds. The van der Waals surface area contributed by atoms with Crippen molar-refractivity contribution >= 4 is 17.0 Å². The third kappa shape index (κ3) is 1.93. The second-order valence-electron chi connectivity index (χ2n) is 4.83. The lowest BCUT2D eigenvalue weighted by atomic mass is 10.1. The number of hydrogen-bond donors (Lipinski definition) is 1. The number of carboxylic acids is 1. The molecule has 0 aliphatic heterocycles. The Morgan fingerprint density at radius 3 is 2.50 bits per heavy atom. The van der Waals surface area contributed by atoms with E-state index in [4.69, 9.17) is 0 Å².